The highest BCUT2D eigenvalue weighted by atomic mass is 16.2. The number of likely N-dealkylation sites (N-methyl/N-ethyl adjacent to an activating group) is 1. The van der Waals surface area contributed by atoms with Crippen LogP contribution in [0.25, 0.3) is 22.2 Å². The Labute approximate surface area is 265 Å². The third kappa shape index (κ3) is 5.14. The number of piperidine rings is 1. The minimum Gasteiger partial charge on any atom is -0.355 e. The summed E-state index contributed by atoms with van der Waals surface area (Å²) >= 11 is 0. The molecule has 4 saturated heterocycles. The van der Waals surface area contributed by atoms with E-state index in [-0.39, 0.29) is 11.3 Å². The molecular weight excluding hydrogens is 564 g/mol. The number of carbonyl (C=O) groups excluding carboxylic acids is 1. The molecule has 45 heavy (non-hydrogen) atoms. The van der Waals surface area contributed by atoms with Gasteiger partial charge in [0.25, 0.3) is 0 Å². The largest absolute Gasteiger partial charge is 0.355 e. The maximum atomic E-state index is 12.2. The Morgan fingerprint density at radius 3 is 2.56 bits per heavy atom. The van der Waals surface area contributed by atoms with Gasteiger partial charge in [-0.2, -0.15) is 15.3 Å². The van der Waals surface area contributed by atoms with Crippen molar-refractivity contribution in [1.82, 2.24) is 34.4 Å². The van der Waals surface area contributed by atoms with Crippen LogP contribution in [0.4, 0.5) is 11.8 Å². The molecule has 0 saturated carbocycles. The number of nitriles is 1. The van der Waals surface area contributed by atoms with Crippen LogP contribution in [-0.2, 0) is 11.8 Å². The molecule has 1 aromatic carbocycles. The van der Waals surface area contributed by atoms with Crippen LogP contribution in [0.2, 0.25) is 0 Å². The van der Waals surface area contributed by atoms with E-state index in [0.29, 0.717) is 48.2 Å². The average Bonchev–Trinajstić information content (AvgIpc) is 3.65. The second-order valence-corrected chi connectivity index (χ2v) is 13.8. The molecule has 0 unspecified atom stereocenters. The van der Waals surface area contributed by atoms with Gasteiger partial charge in [0.2, 0.25) is 11.9 Å². The summed E-state index contributed by atoms with van der Waals surface area (Å²) in [7, 11) is 4.17. The monoisotopic (exact) mass is 608 g/mol. The van der Waals surface area contributed by atoms with Crippen LogP contribution in [0.5, 0.6) is 0 Å². The molecule has 3 aromatic rings. The SMILES string of the molecule is C=CC(=O)N1CC2(CCN(c3nc(N4CCC(N5CCN(C)[C@@H](C)C5)CC4)nc(-c4c(C)ccc5cnn(C)c45)c3C#N)C2)C1. The van der Waals surface area contributed by atoms with Gasteiger partial charge in [-0.1, -0.05) is 18.7 Å². The van der Waals surface area contributed by atoms with E-state index in [1.165, 1.54) is 6.08 Å². The molecule has 11 heteroatoms. The van der Waals surface area contributed by atoms with Crippen molar-refractivity contribution in [2.24, 2.45) is 12.5 Å². The summed E-state index contributed by atoms with van der Waals surface area (Å²) in [6, 6.07) is 7.84. The standard InChI is InChI=1S/C34H44N10O/c1-6-28(45)44-21-34(22-44)11-14-43(20-34)32-27(17-35)30(29-23(2)7-8-25-18-36-40(5)31(25)29)37-33(38-32)41-12-9-26(10-13-41)42-16-15-39(4)24(3)19-42/h6-8,18,24,26H,1,9-16,19-22H2,2-5H3/t24-/m0/s1. The first-order valence-corrected chi connectivity index (χ1v) is 16.3. The van der Waals surface area contributed by atoms with Gasteiger partial charge in [0, 0.05) is 94.4 Å². The van der Waals surface area contributed by atoms with Gasteiger partial charge in [-0.3, -0.25) is 14.4 Å². The van der Waals surface area contributed by atoms with Crippen molar-refractivity contribution >= 4 is 28.6 Å². The van der Waals surface area contributed by atoms with E-state index >= 15 is 0 Å². The number of hydrogen-bond acceptors (Lipinski definition) is 9. The maximum Gasteiger partial charge on any atom is 0.245 e. The average molecular weight is 609 g/mol. The highest BCUT2D eigenvalue weighted by molar-refractivity contribution is 5.97. The fourth-order valence-electron chi connectivity index (χ4n) is 8.02. The van der Waals surface area contributed by atoms with Crippen LogP contribution in [0.1, 0.15) is 37.3 Å². The maximum absolute atomic E-state index is 12.2. The van der Waals surface area contributed by atoms with Crippen LogP contribution < -0.4 is 9.80 Å². The predicted molar refractivity (Wildman–Crippen MR) is 176 cm³/mol. The first-order chi connectivity index (χ1) is 21.7. The van der Waals surface area contributed by atoms with E-state index in [2.05, 4.69) is 70.4 Å². The molecular formula is C34H44N10O. The molecule has 0 N–H and O–H groups in total. The minimum absolute atomic E-state index is 0.0161. The molecule has 2 aromatic heterocycles. The number of amides is 1. The third-order valence-electron chi connectivity index (χ3n) is 10.9. The summed E-state index contributed by atoms with van der Waals surface area (Å²) in [6.45, 7) is 16.1. The number of nitrogens with zero attached hydrogens (tertiary/aromatic N) is 10. The van der Waals surface area contributed by atoms with E-state index in [1.807, 2.05) is 22.8 Å². The number of carbonyl (C=O) groups is 1. The Morgan fingerprint density at radius 2 is 1.84 bits per heavy atom. The molecule has 0 bridgehead atoms. The van der Waals surface area contributed by atoms with Crippen LogP contribution in [-0.4, -0.2) is 118 Å². The van der Waals surface area contributed by atoms with Crippen molar-refractivity contribution < 1.29 is 4.79 Å². The number of piperazine rings is 1. The van der Waals surface area contributed by atoms with E-state index in [0.717, 1.165) is 87.1 Å². The quantitative estimate of drug-likeness (QED) is 0.405. The zero-order chi connectivity index (χ0) is 31.5. The zero-order valence-corrected chi connectivity index (χ0v) is 27.0. The van der Waals surface area contributed by atoms with Crippen LogP contribution in [0.15, 0.2) is 31.0 Å². The minimum atomic E-state index is -0.0161. The molecule has 7 rings (SSSR count). The van der Waals surface area contributed by atoms with Gasteiger partial charge in [-0.25, -0.2) is 4.98 Å². The molecule has 4 aliphatic heterocycles. The second kappa shape index (κ2) is 11.4. The van der Waals surface area contributed by atoms with Gasteiger partial charge in [0.1, 0.15) is 11.6 Å². The molecule has 6 heterocycles. The van der Waals surface area contributed by atoms with Crippen LogP contribution in [0, 0.1) is 23.7 Å². The Bertz CT molecular complexity index is 1680. The van der Waals surface area contributed by atoms with Crippen molar-refractivity contribution in [1.29, 1.82) is 5.26 Å². The Kier molecular flexibility index (Phi) is 7.53. The zero-order valence-electron chi connectivity index (χ0n) is 27.0. The van der Waals surface area contributed by atoms with E-state index in [4.69, 9.17) is 9.97 Å². The van der Waals surface area contributed by atoms with Crippen molar-refractivity contribution in [3.8, 4) is 17.3 Å². The highest BCUT2D eigenvalue weighted by Gasteiger charge is 2.49. The third-order valence-corrected chi connectivity index (χ3v) is 10.9. The van der Waals surface area contributed by atoms with E-state index < -0.39 is 0 Å². The Morgan fingerprint density at radius 1 is 1.07 bits per heavy atom. The molecule has 0 aliphatic carbocycles. The molecule has 1 amide bonds. The van der Waals surface area contributed by atoms with E-state index in [9.17, 15) is 10.1 Å². The predicted octanol–water partition coefficient (Wildman–Crippen LogP) is 3.04. The number of benzene rings is 1. The lowest BCUT2D eigenvalue weighted by Gasteiger charge is -2.47. The number of aryl methyl sites for hydroxylation is 2. The smallest absolute Gasteiger partial charge is 0.245 e. The molecule has 1 atom stereocenters. The topological polar surface area (TPSA) is 101 Å². The summed E-state index contributed by atoms with van der Waals surface area (Å²) in [5.74, 6) is 1.38. The summed E-state index contributed by atoms with van der Waals surface area (Å²) < 4.78 is 1.88. The van der Waals surface area contributed by atoms with Crippen molar-refractivity contribution in [3.63, 3.8) is 0 Å². The van der Waals surface area contributed by atoms with Crippen molar-refractivity contribution in [2.45, 2.75) is 45.2 Å². The van der Waals surface area contributed by atoms with Crippen molar-refractivity contribution in [3.05, 3.63) is 42.1 Å². The normalized spacial score (nSPS) is 22.6. The number of fused-ring (bicyclic) bond motifs is 1. The van der Waals surface area contributed by atoms with Crippen molar-refractivity contribution in [2.75, 3.05) is 75.8 Å². The lowest BCUT2D eigenvalue weighted by atomic mass is 9.79. The number of rotatable bonds is 5. The molecule has 1 spiro atoms. The molecule has 11 nitrogen and oxygen atoms in total. The summed E-state index contributed by atoms with van der Waals surface area (Å²) in [5.41, 5.74) is 4.17. The number of aromatic nitrogens is 4. The summed E-state index contributed by atoms with van der Waals surface area (Å²) in [6.07, 6.45) is 6.36. The van der Waals surface area contributed by atoms with Gasteiger partial charge in [0.05, 0.1) is 17.4 Å². The van der Waals surface area contributed by atoms with Crippen LogP contribution >= 0.6 is 0 Å². The fourth-order valence-corrected chi connectivity index (χ4v) is 8.02. The number of likely N-dealkylation sites (tertiary alicyclic amines) is 1. The Hall–Kier alpha value is -4.01. The highest BCUT2D eigenvalue weighted by Crippen LogP contribution is 2.44. The lowest BCUT2D eigenvalue weighted by Crippen LogP contribution is -2.59. The lowest BCUT2D eigenvalue weighted by molar-refractivity contribution is -0.136. The van der Waals surface area contributed by atoms with Gasteiger partial charge < -0.3 is 19.6 Å². The second-order valence-electron chi connectivity index (χ2n) is 13.8. The molecule has 4 aliphatic rings. The van der Waals surface area contributed by atoms with Crippen LogP contribution in [0.3, 0.4) is 0 Å². The summed E-state index contributed by atoms with van der Waals surface area (Å²) in [5, 5.41) is 16.3. The fraction of sp³-hybridized carbons (Fsp3) is 0.559. The van der Waals surface area contributed by atoms with Gasteiger partial charge in [-0.15, -0.1) is 0 Å². The molecule has 0 radical (unpaired) electrons. The molecule has 4 fully saturated rings. The first kappa shape index (κ1) is 29.7. The van der Waals surface area contributed by atoms with Gasteiger partial charge in [-0.05, 0) is 51.8 Å². The van der Waals surface area contributed by atoms with E-state index in [1.54, 1.807) is 0 Å². The van der Waals surface area contributed by atoms with Gasteiger partial charge >= 0.3 is 0 Å². The first-order valence-electron chi connectivity index (χ1n) is 16.3. The number of hydrogen-bond donors (Lipinski definition) is 0. The Balaban J connectivity index is 1.24. The van der Waals surface area contributed by atoms with Gasteiger partial charge in [0.15, 0.2) is 5.82 Å². The summed E-state index contributed by atoms with van der Waals surface area (Å²) in [4.78, 5) is 34.2. The number of anilines is 2. The molecule has 236 valence electrons.